The lowest BCUT2D eigenvalue weighted by Crippen LogP contribution is -2.41. The number of nitrogens with one attached hydrogen (secondary N) is 2. The highest BCUT2D eigenvalue weighted by Crippen LogP contribution is 2.22. The van der Waals surface area contributed by atoms with Crippen molar-refractivity contribution in [2.75, 3.05) is 26.0 Å². The van der Waals surface area contributed by atoms with Crippen LogP contribution in [0.5, 0.6) is 0 Å². The van der Waals surface area contributed by atoms with E-state index in [1.165, 1.54) is 18.2 Å². The molecule has 0 fully saturated rings. The third-order valence-corrected chi connectivity index (χ3v) is 2.79. The third-order valence-electron chi connectivity index (χ3n) is 2.48. The van der Waals surface area contributed by atoms with Crippen LogP contribution in [-0.2, 0) is 0 Å². The van der Waals surface area contributed by atoms with E-state index in [1.807, 2.05) is 25.9 Å². The first-order valence-electron chi connectivity index (χ1n) is 6.04. The highest BCUT2D eigenvalue weighted by molar-refractivity contribution is 6.34. The number of aromatic carboxylic acids is 1. The van der Waals surface area contributed by atoms with Gasteiger partial charge < -0.3 is 20.6 Å². The van der Waals surface area contributed by atoms with Gasteiger partial charge in [-0.25, -0.2) is 9.59 Å². The van der Waals surface area contributed by atoms with E-state index in [0.717, 1.165) is 0 Å². The van der Waals surface area contributed by atoms with Crippen LogP contribution < -0.4 is 10.6 Å². The number of anilines is 1. The van der Waals surface area contributed by atoms with Crippen LogP contribution >= 0.6 is 11.6 Å². The lowest BCUT2D eigenvalue weighted by molar-refractivity contribution is 0.0697. The van der Waals surface area contributed by atoms with Crippen LogP contribution in [0.25, 0.3) is 0 Å². The molecule has 0 bridgehead atoms. The molecular formula is C13H18ClN3O3. The van der Waals surface area contributed by atoms with Gasteiger partial charge in [0.15, 0.2) is 0 Å². The van der Waals surface area contributed by atoms with Gasteiger partial charge in [0, 0.05) is 12.6 Å². The van der Waals surface area contributed by atoms with Gasteiger partial charge in [-0.3, -0.25) is 0 Å². The van der Waals surface area contributed by atoms with Crippen molar-refractivity contribution < 1.29 is 14.7 Å². The summed E-state index contributed by atoms with van der Waals surface area (Å²) >= 11 is 5.92. The number of likely N-dealkylation sites (N-methyl/N-ethyl adjacent to an activating group) is 1. The van der Waals surface area contributed by atoms with Gasteiger partial charge in [-0.15, -0.1) is 0 Å². The molecule has 0 saturated heterocycles. The van der Waals surface area contributed by atoms with Crippen molar-refractivity contribution in [1.29, 1.82) is 0 Å². The number of carbonyl (C=O) groups is 2. The third kappa shape index (κ3) is 5.07. The van der Waals surface area contributed by atoms with Gasteiger partial charge in [-0.1, -0.05) is 11.6 Å². The van der Waals surface area contributed by atoms with Crippen molar-refractivity contribution in [2.24, 2.45) is 0 Å². The number of carboxylic acid groups (broad SMARTS) is 1. The maximum absolute atomic E-state index is 11.8. The molecule has 0 saturated carbocycles. The molecule has 1 atom stereocenters. The summed E-state index contributed by atoms with van der Waals surface area (Å²) in [5.41, 5.74) is 0.438. The molecule has 7 heteroatoms. The average Bonchev–Trinajstić information content (AvgIpc) is 2.30. The SMILES string of the molecule is CC(CN(C)C)NC(=O)Nc1ccc(C(=O)O)cc1Cl. The summed E-state index contributed by atoms with van der Waals surface area (Å²) in [6, 6.07) is 3.73. The van der Waals surface area contributed by atoms with E-state index in [1.54, 1.807) is 0 Å². The smallest absolute Gasteiger partial charge is 0.335 e. The van der Waals surface area contributed by atoms with Crippen molar-refractivity contribution >= 4 is 29.3 Å². The maximum Gasteiger partial charge on any atom is 0.335 e. The summed E-state index contributed by atoms with van der Waals surface area (Å²) in [6.45, 7) is 2.59. The van der Waals surface area contributed by atoms with Gasteiger partial charge in [0.05, 0.1) is 16.3 Å². The van der Waals surface area contributed by atoms with Crippen molar-refractivity contribution in [1.82, 2.24) is 10.2 Å². The Morgan fingerprint density at radius 2 is 2.05 bits per heavy atom. The lowest BCUT2D eigenvalue weighted by Gasteiger charge is -2.18. The van der Waals surface area contributed by atoms with Gasteiger partial charge in [-0.2, -0.15) is 0 Å². The molecule has 1 aromatic carbocycles. The first-order chi connectivity index (χ1) is 9.29. The normalized spacial score (nSPS) is 12.1. The zero-order valence-corrected chi connectivity index (χ0v) is 12.4. The minimum atomic E-state index is -1.07. The van der Waals surface area contributed by atoms with E-state index in [9.17, 15) is 9.59 Å². The summed E-state index contributed by atoms with van der Waals surface area (Å²) < 4.78 is 0. The van der Waals surface area contributed by atoms with Crippen LogP contribution in [0.4, 0.5) is 10.5 Å². The van der Waals surface area contributed by atoms with Crippen LogP contribution in [0.1, 0.15) is 17.3 Å². The number of hydrogen-bond acceptors (Lipinski definition) is 3. The molecule has 0 aliphatic heterocycles. The average molecular weight is 300 g/mol. The fraction of sp³-hybridized carbons (Fsp3) is 0.385. The molecule has 6 nitrogen and oxygen atoms in total. The van der Waals surface area contributed by atoms with Gasteiger partial charge in [0.2, 0.25) is 0 Å². The summed E-state index contributed by atoms with van der Waals surface area (Å²) in [4.78, 5) is 24.5. The lowest BCUT2D eigenvalue weighted by atomic mass is 10.2. The van der Waals surface area contributed by atoms with Crippen molar-refractivity contribution in [3.05, 3.63) is 28.8 Å². The molecular weight excluding hydrogens is 282 g/mol. The predicted molar refractivity (Wildman–Crippen MR) is 78.6 cm³/mol. The number of urea groups is 1. The molecule has 2 amide bonds. The van der Waals surface area contributed by atoms with Crippen molar-refractivity contribution in [2.45, 2.75) is 13.0 Å². The molecule has 0 radical (unpaired) electrons. The number of carboxylic acids is 1. The zero-order valence-electron chi connectivity index (χ0n) is 11.6. The molecule has 3 N–H and O–H groups in total. The molecule has 0 spiro atoms. The second kappa shape index (κ2) is 7.12. The van der Waals surface area contributed by atoms with E-state index in [0.29, 0.717) is 12.2 Å². The Balaban J connectivity index is 2.64. The minimum absolute atomic E-state index is 0.0259. The molecule has 1 aromatic rings. The Morgan fingerprint density at radius 3 is 2.55 bits per heavy atom. The van der Waals surface area contributed by atoms with E-state index in [4.69, 9.17) is 16.7 Å². The molecule has 0 aliphatic carbocycles. The number of rotatable bonds is 5. The van der Waals surface area contributed by atoms with E-state index in [-0.39, 0.29) is 22.7 Å². The quantitative estimate of drug-likeness (QED) is 0.778. The van der Waals surface area contributed by atoms with Gasteiger partial charge in [0.1, 0.15) is 0 Å². The number of amides is 2. The van der Waals surface area contributed by atoms with Gasteiger partial charge >= 0.3 is 12.0 Å². The highest BCUT2D eigenvalue weighted by Gasteiger charge is 2.11. The minimum Gasteiger partial charge on any atom is -0.478 e. The molecule has 20 heavy (non-hydrogen) atoms. The monoisotopic (exact) mass is 299 g/mol. The molecule has 0 aliphatic rings. The first-order valence-corrected chi connectivity index (χ1v) is 6.42. The second-order valence-electron chi connectivity index (χ2n) is 4.76. The van der Waals surface area contributed by atoms with Crippen LogP contribution in [0.2, 0.25) is 5.02 Å². The highest BCUT2D eigenvalue weighted by atomic mass is 35.5. The number of carbonyl (C=O) groups excluding carboxylic acids is 1. The molecule has 110 valence electrons. The Bertz CT molecular complexity index is 506. The summed E-state index contributed by atoms with van der Waals surface area (Å²) in [6.07, 6.45) is 0. The number of nitrogens with zero attached hydrogens (tertiary/aromatic N) is 1. The summed E-state index contributed by atoms with van der Waals surface area (Å²) in [5, 5.41) is 14.3. The summed E-state index contributed by atoms with van der Waals surface area (Å²) in [5.74, 6) is -1.07. The van der Waals surface area contributed by atoms with Crippen molar-refractivity contribution in [3.8, 4) is 0 Å². The zero-order chi connectivity index (χ0) is 15.3. The number of halogens is 1. The number of hydrogen-bond donors (Lipinski definition) is 3. The van der Waals surface area contributed by atoms with E-state index < -0.39 is 5.97 Å². The van der Waals surface area contributed by atoms with Crippen LogP contribution in [0.3, 0.4) is 0 Å². The summed E-state index contributed by atoms with van der Waals surface area (Å²) in [7, 11) is 3.83. The topological polar surface area (TPSA) is 81.7 Å². The Morgan fingerprint density at radius 1 is 1.40 bits per heavy atom. The van der Waals surface area contributed by atoms with E-state index >= 15 is 0 Å². The van der Waals surface area contributed by atoms with E-state index in [2.05, 4.69) is 10.6 Å². The largest absolute Gasteiger partial charge is 0.478 e. The molecule has 1 unspecified atom stereocenters. The van der Waals surface area contributed by atoms with Crippen LogP contribution in [0.15, 0.2) is 18.2 Å². The van der Waals surface area contributed by atoms with Gasteiger partial charge in [0.25, 0.3) is 0 Å². The second-order valence-corrected chi connectivity index (χ2v) is 5.17. The van der Waals surface area contributed by atoms with Crippen molar-refractivity contribution in [3.63, 3.8) is 0 Å². The maximum atomic E-state index is 11.8. The Labute approximate surface area is 122 Å². The number of benzene rings is 1. The molecule has 1 rings (SSSR count). The van der Waals surface area contributed by atoms with Crippen LogP contribution in [-0.4, -0.2) is 48.7 Å². The van der Waals surface area contributed by atoms with Crippen LogP contribution in [0, 0.1) is 0 Å². The predicted octanol–water partition coefficient (Wildman–Crippen LogP) is 2.11. The Hall–Kier alpha value is -1.79. The fourth-order valence-electron chi connectivity index (χ4n) is 1.73. The fourth-order valence-corrected chi connectivity index (χ4v) is 1.95. The molecule has 0 aromatic heterocycles. The van der Waals surface area contributed by atoms with Gasteiger partial charge in [-0.05, 0) is 39.2 Å². The molecule has 0 heterocycles. The standard InChI is InChI=1S/C13H18ClN3O3/c1-8(7-17(2)3)15-13(20)16-11-5-4-9(12(18)19)6-10(11)14/h4-6,8H,7H2,1-3H3,(H,18,19)(H2,15,16,20). The Kier molecular flexibility index (Phi) is 5.79. The first kappa shape index (κ1) is 16.3.